The van der Waals surface area contributed by atoms with Crippen molar-refractivity contribution >= 4 is 27.6 Å². The van der Waals surface area contributed by atoms with Crippen LogP contribution in [0.25, 0.3) is 21.8 Å². The van der Waals surface area contributed by atoms with E-state index in [1.54, 1.807) is 0 Å². The second-order valence-electron chi connectivity index (χ2n) is 4.21. The van der Waals surface area contributed by atoms with E-state index in [-0.39, 0.29) is 0 Å². The minimum Gasteiger partial charge on any atom is -0.370 e. The van der Waals surface area contributed by atoms with Gasteiger partial charge in [-0.15, -0.1) is 0 Å². The molecule has 0 aliphatic heterocycles. The monoisotopic (exact) mass is 225 g/mol. The third-order valence-electron chi connectivity index (χ3n) is 2.95. The lowest BCUT2D eigenvalue weighted by molar-refractivity contribution is 0.970. The molecule has 0 amide bonds. The summed E-state index contributed by atoms with van der Waals surface area (Å²) in [4.78, 5) is 7.77. The number of hydrogen-bond acceptors (Lipinski definition) is 2. The van der Waals surface area contributed by atoms with Crippen LogP contribution in [0.4, 0.5) is 5.82 Å². The van der Waals surface area contributed by atoms with Gasteiger partial charge in [0.15, 0.2) is 0 Å². The Morgan fingerprint density at radius 3 is 2.94 bits per heavy atom. The van der Waals surface area contributed by atoms with Crippen molar-refractivity contribution in [3.8, 4) is 0 Å². The van der Waals surface area contributed by atoms with Crippen molar-refractivity contribution in [1.29, 1.82) is 0 Å². The molecule has 2 heterocycles. The molecule has 0 aliphatic rings. The molecule has 3 nitrogen and oxygen atoms in total. The van der Waals surface area contributed by atoms with Crippen LogP contribution in [0.2, 0.25) is 0 Å². The fourth-order valence-electron chi connectivity index (χ4n) is 2.10. The van der Waals surface area contributed by atoms with Gasteiger partial charge in [-0.25, -0.2) is 4.98 Å². The van der Waals surface area contributed by atoms with Crippen LogP contribution in [0, 0.1) is 0 Å². The number of anilines is 1. The maximum atomic E-state index is 4.40. The quantitative estimate of drug-likeness (QED) is 0.715. The molecule has 0 spiro atoms. The van der Waals surface area contributed by atoms with Gasteiger partial charge in [0.05, 0.1) is 11.7 Å². The summed E-state index contributed by atoms with van der Waals surface area (Å²) in [5.74, 6) is 0.948. The smallest absolute Gasteiger partial charge is 0.126 e. The van der Waals surface area contributed by atoms with Gasteiger partial charge in [0, 0.05) is 22.8 Å². The summed E-state index contributed by atoms with van der Waals surface area (Å²) >= 11 is 0. The lowest BCUT2D eigenvalue weighted by Gasteiger charge is -2.02. The van der Waals surface area contributed by atoms with Crippen LogP contribution in [0.3, 0.4) is 0 Å². The van der Waals surface area contributed by atoms with E-state index in [1.165, 1.54) is 10.8 Å². The van der Waals surface area contributed by atoms with Crippen LogP contribution < -0.4 is 5.32 Å². The highest BCUT2D eigenvalue weighted by atomic mass is 15.0. The van der Waals surface area contributed by atoms with E-state index in [1.807, 2.05) is 12.3 Å². The highest BCUT2D eigenvalue weighted by Crippen LogP contribution is 2.26. The predicted molar refractivity (Wildman–Crippen MR) is 72.4 cm³/mol. The topological polar surface area (TPSA) is 40.7 Å². The predicted octanol–water partition coefficient (Wildman–Crippen LogP) is 3.54. The summed E-state index contributed by atoms with van der Waals surface area (Å²) in [6.45, 7) is 3.11. The first kappa shape index (κ1) is 10.1. The van der Waals surface area contributed by atoms with Crippen molar-refractivity contribution in [3.63, 3.8) is 0 Å². The number of benzene rings is 1. The van der Waals surface area contributed by atoms with Crippen LogP contribution in [0.5, 0.6) is 0 Å². The van der Waals surface area contributed by atoms with E-state index in [2.05, 4.69) is 46.5 Å². The minimum absolute atomic E-state index is 0.948. The SMILES string of the molecule is CCCNc1cc2c(cn1)[nH]c1ccccc12. The molecule has 0 radical (unpaired) electrons. The average Bonchev–Trinajstić information content (AvgIpc) is 2.74. The van der Waals surface area contributed by atoms with Gasteiger partial charge in [0.25, 0.3) is 0 Å². The number of nitrogens with zero attached hydrogens (tertiary/aromatic N) is 1. The summed E-state index contributed by atoms with van der Waals surface area (Å²) in [6, 6.07) is 10.5. The molecule has 0 aliphatic carbocycles. The van der Waals surface area contributed by atoms with Gasteiger partial charge in [-0.2, -0.15) is 0 Å². The first-order valence-corrected chi connectivity index (χ1v) is 5.99. The van der Waals surface area contributed by atoms with Crippen molar-refractivity contribution < 1.29 is 0 Å². The average molecular weight is 225 g/mol. The molecule has 86 valence electrons. The fraction of sp³-hybridized carbons (Fsp3) is 0.214. The largest absolute Gasteiger partial charge is 0.370 e. The van der Waals surface area contributed by atoms with Gasteiger partial charge in [-0.3, -0.25) is 0 Å². The number of para-hydroxylation sites is 1. The number of pyridine rings is 1. The van der Waals surface area contributed by atoms with Crippen molar-refractivity contribution in [1.82, 2.24) is 9.97 Å². The zero-order valence-electron chi connectivity index (χ0n) is 9.83. The van der Waals surface area contributed by atoms with E-state index in [0.717, 1.165) is 29.8 Å². The summed E-state index contributed by atoms with van der Waals surface area (Å²) in [7, 11) is 0. The molecule has 3 rings (SSSR count). The van der Waals surface area contributed by atoms with Gasteiger partial charge >= 0.3 is 0 Å². The van der Waals surface area contributed by atoms with Crippen molar-refractivity contribution in [2.75, 3.05) is 11.9 Å². The molecule has 0 saturated heterocycles. The number of aromatic nitrogens is 2. The summed E-state index contributed by atoms with van der Waals surface area (Å²) in [6.07, 6.45) is 3.00. The molecule has 2 aromatic heterocycles. The Labute approximate surface area is 99.9 Å². The van der Waals surface area contributed by atoms with E-state index < -0.39 is 0 Å². The lowest BCUT2D eigenvalue weighted by Crippen LogP contribution is -2.00. The van der Waals surface area contributed by atoms with Gasteiger partial charge in [-0.1, -0.05) is 25.1 Å². The second-order valence-corrected chi connectivity index (χ2v) is 4.21. The minimum atomic E-state index is 0.948. The van der Waals surface area contributed by atoms with E-state index in [0.29, 0.717) is 0 Å². The zero-order chi connectivity index (χ0) is 11.7. The summed E-state index contributed by atoms with van der Waals surface area (Å²) in [5.41, 5.74) is 2.25. The molecule has 2 N–H and O–H groups in total. The number of fused-ring (bicyclic) bond motifs is 3. The molecule has 1 aromatic carbocycles. The number of nitrogens with one attached hydrogen (secondary N) is 2. The fourth-order valence-corrected chi connectivity index (χ4v) is 2.10. The van der Waals surface area contributed by atoms with Gasteiger partial charge in [0.1, 0.15) is 5.82 Å². The standard InChI is InChI=1S/C14H15N3/c1-2-7-15-14-8-11-10-5-3-4-6-12(10)17-13(11)9-16-14/h3-6,8-9,17H,2,7H2,1H3,(H,15,16). The van der Waals surface area contributed by atoms with Crippen LogP contribution in [-0.2, 0) is 0 Å². The Hall–Kier alpha value is -2.03. The zero-order valence-corrected chi connectivity index (χ0v) is 9.83. The van der Waals surface area contributed by atoms with Gasteiger partial charge in [0.2, 0.25) is 0 Å². The third kappa shape index (κ3) is 1.73. The van der Waals surface area contributed by atoms with Crippen LogP contribution >= 0.6 is 0 Å². The summed E-state index contributed by atoms with van der Waals surface area (Å²) in [5, 5.41) is 5.80. The molecular weight excluding hydrogens is 210 g/mol. The van der Waals surface area contributed by atoms with Gasteiger partial charge < -0.3 is 10.3 Å². The van der Waals surface area contributed by atoms with Crippen molar-refractivity contribution in [2.24, 2.45) is 0 Å². The van der Waals surface area contributed by atoms with E-state index in [4.69, 9.17) is 0 Å². The van der Waals surface area contributed by atoms with E-state index in [9.17, 15) is 0 Å². The maximum absolute atomic E-state index is 4.40. The molecule has 0 fully saturated rings. The Balaban J connectivity index is 2.16. The number of rotatable bonds is 3. The molecule has 0 unspecified atom stereocenters. The molecular formula is C14H15N3. The molecule has 3 heteroatoms. The van der Waals surface area contributed by atoms with Gasteiger partial charge in [-0.05, 0) is 18.6 Å². The van der Waals surface area contributed by atoms with Crippen LogP contribution in [0.15, 0.2) is 36.5 Å². The summed E-state index contributed by atoms with van der Waals surface area (Å²) < 4.78 is 0. The molecule has 0 atom stereocenters. The molecule has 17 heavy (non-hydrogen) atoms. The number of H-pyrrole nitrogens is 1. The first-order valence-electron chi connectivity index (χ1n) is 5.99. The van der Waals surface area contributed by atoms with Crippen molar-refractivity contribution in [3.05, 3.63) is 36.5 Å². The first-order chi connectivity index (χ1) is 8.38. The van der Waals surface area contributed by atoms with Crippen LogP contribution in [-0.4, -0.2) is 16.5 Å². The number of aromatic amines is 1. The van der Waals surface area contributed by atoms with Crippen molar-refractivity contribution in [2.45, 2.75) is 13.3 Å². The second kappa shape index (κ2) is 4.09. The molecule has 0 bridgehead atoms. The normalized spacial score (nSPS) is 11.1. The Bertz CT molecular complexity index is 655. The maximum Gasteiger partial charge on any atom is 0.126 e. The molecule has 3 aromatic rings. The Morgan fingerprint density at radius 2 is 2.06 bits per heavy atom. The highest BCUT2D eigenvalue weighted by molar-refractivity contribution is 6.07. The molecule has 0 saturated carbocycles. The highest BCUT2D eigenvalue weighted by Gasteiger charge is 2.04. The number of hydrogen-bond donors (Lipinski definition) is 2. The Morgan fingerprint density at radius 1 is 1.18 bits per heavy atom. The van der Waals surface area contributed by atoms with E-state index >= 15 is 0 Å². The Kier molecular flexibility index (Phi) is 2.44. The van der Waals surface area contributed by atoms with Crippen LogP contribution in [0.1, 0.15) is 13.3 Å². The lowest BCUT2D eigenvalue weighted by atomic mass is 10.2. The third-order valence-corrected chi connectivity index (χ3v) is 2.95.